The Labute approximate surface area is 124 Å². The van der Waals surface area contributed by atoms with Crippen molar-refractivity contribution in [3.63, 3.8) is 0 Å². The molecule has 0 atom stereocenters. The van der Waals surface area contributed by atoms with Gasteiger partial charge in [-0.3, -0.25) is 4.98 Å². The number of benzene rings is 2. The number of fused-ring (bicyclic) bond motifs is 1. The van der Waals surface area contributed by atoms with Gasteiger partial charge in [-0.15, -0.1) is 0 Å². The molecule has 0 bridgehead atoms. The second-order valence-corrected chi connectivity index (χ2v) is 5.39. The summed E-state index contributed by atoms with van der Waals surface area (Å²) in [7, 11) is 0. The maximum atomic E-state index is 5.93. The van der Waals surface area contributed by atoms with Crippen LogP contribution >= 0.6 is 22.6 Å². The van der Waals surface area contributed by atoms with Gasteiger partial charge in [0.2, 0.25) is 0 Å². The third-order valence-corrected chi connectivity index (χ3v) is 3.44. The van der Waals surface area contributed by atoms with Crippen LogP contribution in [0.5, 0.6) is 11.5 Å². The summed E-state index contributed by atoms with van der Waals surface area (Å²) in [5, 5.41) is 1.05. The standard InChI is InChI=1S/C15H11IN2O/c16-11-5-6-15(13(17)8-11)19-12-7-10-3-1-2-4-14(10)18-9-12/h1-9H,17H2. The summed E-state index contributed by atoms with van der Waals surface area (Å²) in [6.07, 6.45) is 1.71. The Balaban J connectivity index is 1.96. The normalized spacial score (nSPS) is 10.6. The van der Waals surface area contributed by atoms with Gasteiger partial charge in [0.25, 0.3) is 0 Å². The van der Waals surface area contributed by atoms with Crippen LogP contribution in [0.2, 0.25) is 0 Å². The Morgan fingerprint density at radius 1 is 1.05 bits per heavy atom. The number of nitrogen functional groups attached to an aromatic ring is 1. The Hall–Kier alpha value is -1.82. The molecule has 1 aromatic heterocycles. The maximum Gasteiger partial charge on any atom is 0.150 e. The second-order valence-electron chi connectivity index (χ2n) is 4.15. The number of para-hydroxylation sites is 1. The topological polar surface area (TPSA) is 48.1 Å². The summed E-state index contributed by atoms with van der Waals surface area (Å²) in [4.78, 5) is 4.36. The smallest absolute Gasteiger partial charge is 0.150 e. The van der Waals surface area contributed by atoms with E-state index in [1.54, 1.807) is 6.20 Å². The van der Waals surface area contributed by atoms with Crippen LogP contribution in [0.1, 0.15) is 0 Å². The van der Waals surface area contributed by atoms with E-state index in [4.69, 9.17) is 10.5 Å². The van der Waals surface area contributed by atoms with Crippen LogP contribution in [0, 0.1) is 3.57 Å². The van der Waals surface area contributed by atoms with Crippen molar-refractivity contribution in [3.8, 4) is 11.5 Å². The van der Waals surface area contributed by atoms with Crippen molar-refractivity contribution in [1.29, 1.82) is 0 Å². The maximum absolute atomic E-state index is 5.93. The van der Waals surface area contributed by atoms with E-state index in [0.717, 1.165) is 14.5 Å². The fourth-order valence-electron chi connectivity index (χ4n) is 1.85. The molecule has 19 heavy (non-hydrogen) atoms. The lowest BCUT2D eigenvalue weighted by atomic mass is 10.2. The predicted octanol–water partition coefficient (Wildman–Crippen LogP) is 4.21. The molecule has 0 aliphatic heterocycles. The largest absolute Gasteiger partial charge is 0.454 e. The van der Waals surface area contributed by atoms with Gasteiger partial charge in [0.05, 0.1) is 17.4 Å². The number of pyridine rings is 1. The summed E-state index contributed by atoms with van der Waals surface area (Å²) < 4.78 is 6.86. The lowest BCUT2D eigenvalue weighted by Gasteiger charge is -2.09. The van der Waals surface area contributed by atoms with Crippen molar-refractivity contribution in [2.24, 2.45) is 0 Å². The number of rotatable bonds is 2. The molecule has 2 N–H and O–H groups in total. The summed E-state index contributed by atoms with van der Waals surface area (Å²) in [5.41, 5.74) is 7.51. The molecule has 2 aromatic carbocycles. The Bertz CT molecular complexity index is 743. The number of nitrogens with zero attached hydrogens (tertiary/aromatic N) is 1. The predicted molar refractivity (Wildman–Crippen MR) is 85.4 cm³/mol. The molecule has 0 unspecified atom stereocenters. The zero-order valence-electron chi connectivity index (χ0n) is 10.0. The van der Waals surface area contributed by atoms with E-state index in [9.17, 15) is 0 Å². The number of nitrogens with two attached hydrogens (primary N) is 1. The van der Waals surface area contributed by atoms with E-state index in [0.29, 0.717) is 17.2 Å². The molecule has 0 saturated carbocycles. The average Bonchev–Trinajstić information content (AvgIpc) is 2.42. The molecular formula is C15H11IN2O. The molecule has 0 aliphatic rings. The van der Waals surface area contributed by atoms with Gasteiger partial charge >= 0.3 is 0 Å². The molecular weight excluding hydrogens is 351 g/mol. The first kappa shape index (κ1) is 12.2. The molecule has 1 heterocycles. The third kappa shape index (κ3) is 2.63. The molecule has 0 aliphatic carbocycles. The van der Waals surface area contributed by atoms with Crippen LogP contribution in [0.4, 0.5) is 5.69 Å². The summed E-state index contributed by atoms with van der Waals surface area (Å²) in [6, 6.07) is 15.6. The van der Waals surface area contributed by atoms with Gasteiger partial charge in [0.15, 0.2) is 0 Å². The molecule has 0 saturated heterocycles. The zero-order valence-corrected chi connectivity index (χ0v) is 12.2. The number of halogens is 1. The molecule has 4 heteroatoms. The van der Waals surface area contributed by atoms with Gasteiger partial charge in [-0.1, -0.05) is 18.2 Å². The Kier molecular flexibility index (Phi) is 3.25. The van der Waals surface area contributed by atoms with Crippen molar-refractivity contribution in [1.82, 2.24) is 4.98 Å². The molecule has 3 rings (SSSR count). The van der Waals surface area contributed by atoms with Gasteiger partial charge < -0.3 is 10.5 Å². The van der Waals surface area contributed by atoms with E-state index >= 15 is 0 Å². The number of hydrogen-bond acceptors (Lipinski definition) is 3. The highest BCUT2D eigenvalue weighted by molar-refractivity contribution is 14.1. The van der Waals surface area contributed by atoms with Crippen LogP contribution in [-0.4, -0.2) is 4.98 Å². The number of ether oxygens (including phenoxy) is 1. The molecule has 0 fully saturated rings. The van der Waals surface area contributed by atoms with E-state index in [1.807, 2.05) is 48.5 Å². The highest BCUT2D eigenvalue weighted by Crippen LogP contribution is 2.29. The van der Waals surface area contributed by atoms with Crippen molar-refractivity contribution in [3.05, 3.63) is 58.3 Å². The molecule has 0 radical (unpaired) electrons. The van der Waals surface area contributed by atoms with Crippen LogP contribution in [-0.2, 0) is 0 Å². The minimum Gasteiger partial charge on any atom is -0.454 e. The average molecular weight is 362 g/mol. The van der Waals surface area contributed by atoms with Gasteiger partial charge in [-0.05, 0) is 52.9 Å². The number of anilines is 1. The molecule has 0 amide bonds. The lowest BCUT2D eigenvalue weighted by Crippen LogP contribution is -1.93. The van der Waals surface area contributed by atoms with Gasteiger partial charge in [0.1, 0.15) is 11.5 Å². The van der Waals surface area contributed by atoms with Gasteiger partial charge in [-0.2, -0.15) is 0 Å². The fourth-order valence-corrected chi connectivity index (χ4v) is 2.36. The zero-order chi connectivity index (χ0) is 13.2. The van der Waals surface area contributed by atoms with Gasteiger partial charge in [-0.25, -0.2) is 0 Å². The molecule has 94 valence electrons. The number of aromatic nitrogens is 1. The SMILES string of the molecule is Nc1cc(I)ccc1Oc1cnc2ccccc2c1. The van der Waals surface area contributed by atoms with Gasteiger partial charge in [0, 0.05) is 8.96 Å². The summed E-state index contributed by atoms with van der Waals surface area (Å²) >= 11 is 2.22. The summed E-state index contributed by atoms with van der Waals surface area (Å²) in [6.45, 7) is 0. The Morgan fingerprint density at radius 2 is 1.89 bits per heavy atom. The quantitative estimate of drug-likeness (QED) is 0.549. The Morgan fingerprint density at radius 3 is 2.74 bits per heavy atom. The van der Waals surface area contributed by atoms with Crippen LogP contribution in [0.25, 0.3) is 10.9 Å². The monoisotopic (exact) mass is 362 g/mol. The van der Waals surface area contributed by atoms with Crippen molar-refractivity contribution < 1.29 is 4.74 Å². The number of hydrogen-bond donors (Lipinski definition) is 1. The fraction of sp³-hybridized carbons (Fsp3) is 0. The van der Waals surface area contributed by atoms with Crippen LogP contribution < -0.4 is 10.5 Å². The van der Waals surface area contributed by atoms with Crippen molar-refractivity contribution in [2.75, 3.05) is 5.73 Å². The van der Waals surface area contributed by atoms with Crippen molar-refractivity contribution in [2.45, 2.75) is 0 Å². The highest BCUT2D eigenvalue weighted by atomic mass is 127. The third-order valence-electron chi connectivity index (χ3n) is 2.77. The lowest BCUT2D eigenvalue weighted by molar-refractivity contribution is 0.483. The molecule has 0 spiro atoms. The first-order valence-electron chi connectivity index (χ1n) is 5.80. The summed E-state index contributed by atoms with van der Waals surface area (Å²) in [5.74, 6) is 1.34. The minimum absolute atomic E-state index is 0.625. The first-order valence-corrected chi connectivity index (χ1v) is 6.88. The first-order chi connectivity index (χ1) is 9.22. The van der Waals surface area contributed by atoms with E-state index in [1.165, 1.54) is 0 Å². The van der Waals surface area contributed by atoms with Crippen LogP contribution in [0.3, 0.4) is 0 Å². The molecule has 3 aromatic rings. The highest BCUT2D eigenvalue weighted by Gasteiger charge is 2.04. The van der Waals surface area contributed by atoms with E-state index in [-0.39, 0.29) is 0 Å². The van der Waals surface area contributed by atoms with Crippen LogP contribution in [0.15, 0.2) is 54.7 Å². The van der Waals surface area contributed by atoms with E-state index < -0.39 is 0 Å². The second kappa shape index (κ2) is 5.05. The van der Waals surface area contributed by atoms with E-state index in [2.05, 4.69) is 27.6 Å². The minimum atomic E-state index is 0.625. The van der Waals surface area contributed by atoms with Crippen molar-refractivity contribution >= 4 is 39.2 Å². The molecule has 3 nitrogen and oxygen atoms in total.